The maximum atomic E-state index is 12.1. The molecule has 1 aromatic heterocycles. The van der Waals surface area contributed by atoms with Crippen molar-refractivity contribution in [2.24, 2.45) is 0 Å². The first kappa shape index (κ1) is 20.3. The predicted molar refractivity (Wildman–Crippen MR) is 108 cm³/mol. The molecular weight excluding hydrogens is 370 g/mol. The summed E-state index contributed by atoms with van der Waals surface area (Å²) in [5, 5.41) is 14.4. The first-order valence-corrected chi connectivity index (χ1v) is 9.56. The van der Waals surface area contributed by atoms with Crippen molar-refractivity contribution in [1.82, 2.24) is 25.5 Å². The van der Waals surface area contributed by atoms with E-state index in [9.17, 15) is 4.79 Å². The Kier molecular flexibility index (Phi) is 6.78. The monoisotopic (exact) mass is 395 g/mol. The van der Waals surface area contributed by atoms with Crippen molar-refractivity contribution < 1.29 is 14.3 Å². The molecule has 3 aromatic rings. The Morgan fingerprint density at radius 3 is 2.34 bits per heavy atom. The molecule has 0 bridgehead atoms. The van der Waals surface area contributed by atoms with Crippen LogP contribution in [0.1, 0.15) is 38.1 Å². The topological polar surface area (TPSA) is 91.2 Å². The SMILES string of the molecule is CCOc1ccc(-n2nnnc2CNC(=O)COc2ccc(C(C)C)cc2)cc1. The van der Waals surface area contributed by atoms with Gasteiger partial charge in [0.1, 0.15) is 11.5 Å². The number of carbonyl (C=O) groups is 1. The minimum atomic E-state index is -0.251. The number of nitrogens with one attached hydrogen (secondary N) is 1. The number of nitrogens with zero attached hydrogens (tertiary/aromatic N) is 4. The van der Waals surface area contributed by atoms with Crippen LogP contribution in [0.5, 0.6) is 11.5 Å². The van der Waals surface area contributed by atoms with Gasteiger partial charge in [0.25, 0.3) is 5.91 Å². The molecule has 0 spiro atoms. The lowest BCUT2D eigenvalue weighted by Crippen LogP contribution is -2.29. The van der Waals surface area contributed by atoms with Gasteiger partial charge in [0.15, 0.2) is 12.4 Å². The molecule has 0 saturated heterocycles. The van der Waals surface area contributed by atoms with E-state index in [0.29, 0.717) is 24.1 Å². The largest absolute Gasteiger partial charge is 0.494 e. The normalized spacial score (nSPS) is 10.8. The van der Waals surface area contributed by atoms with Gasteiger partial charge >= 0.3 is 0 Å². The molecule has 0 aliphatic heterocycles. The van der Waals surface area contributed by atoms with E-state index in [1.807, 2.05) is 55.5 Å². The summed E-state index contributed by atoms with van der Waals surface area (Å²) in [7, 11) is 0. The molecule has 0 aliphatic rings. The molecule has 152 valence electrons. The van der Waals surface area contributed by atoms with Gasteiger partial charge < -0.3 is 14.8 Å². The molecule has 3 rings (SSSR count). The fourth-order valence-corrected chi connectivity index (χ4v) is 2.69. The van der Waals surface area contributed by atoms with Crippen LogP contribution in [-0.2, 0) is 11.3 Å². The Morgan fingerprint density at radius 2 is 1.69 bits per heavy atom. The molecule has 8 nitrogen and oxygen atoms in total. The smallest absolute Gasteiger partial charge is 0.258 e. The average Bonchev–Trinajstić information content (AvgIpc) is 3.20. The van der Waals surface area contributed by atoms with Gasteiger partial charge in [0, 0.05) is 0 Å². The van der Waals surface area contributed by atoms with E-state index >= 15 is 0 Å². The Bertz CT molecular complexity index is 920. The molecule has 8 heteroatoms. The highest BCUT2D eigenvalue weighted by molar-refractivity contribution is 5.77. The van der Waals surface area contributed by atoms with Gasteiger partial charge in [0.05, 0.1) is 18.8 Å². The van der Waals surface area contributed by atoms with Crippen LogP contribution < -0.4 is 14.8 Å². The lowest BCUT2D eigenvalue weighted by atomic mass is 10.0. The highest BCUT2D eigenvalue weighted by Crippen LogP contribution is 2.18. The van der Waals surface area contributed by atoms with Crippen LogP contribution in [0.15, 0.2) is 48.5 Å². The van der Waals surface area contributed by atoms with Crippen molar-refractivity contribution in [1.29, 1.82) is 0 Å². The van der Waals surface area contributed by atoms with Gasteiger partial charge in [-0.3, -0.25) is 4.79 Å². The van der Waals surface area contributed by atoms with Crippen molar-refractivity contribution >= 4 is 5.91 Å². The third-order valence-corrected chi connectivity index (χ3v) is 4.29. The molecule has 0 unspecified atom stereocenters. The highest BCUT2D eigenvalue weighted by Gasteiger charge is 2.11. The van der Waals surface area contributed by atoms with Crippen molar-refractivity contribution in [2.75, 3.05) is 13.2 Å². The van der Waals surface area contributed by atoms with Crippen LogP contribution in [0.25, 0.3) is 5.69 Å². The number of ether oxygens (including phenoxy) is 2. The number of carbonyl (C=O) groups excluding carboxylic acids is 1. The van der Waals surface area contributed by atoms with Crippen molar-refractivity contribution in [3.63, 3.8) is 0 Å². The molecule has 0 atom stereocenters. The Labute approximate surface area is 169 Å². The highest BCUT2D eigenvalue weighted by atomic mass is 16.5. The Hall–Kier alpha value is -3.42. The van der Waals surface area contributed by atoms with Crippen molar-refractivity contribution in [3.8, 4) is 17.2 Å². The van der Waals surface area contributed by atoms with Crippen LogP contribution in [-0.4, -0.2) is 39.3 Å². The predicted octanol–water partition coefficient (Wildman–Crippen LogP) is 2.88. The number of aromatic nitrogens is 4. The second kappa shape index (κ2) is 9.68. The number of hydrogen-bond donors (Lipinski definition) is 1. The van der Waals surface area contributed by atoms with Gasteiger partial charge in [0.2, 0.25) is 0 Å². The first-order chi connectivity index (χ1) is 14.1. The third kappa shape index (κ3) is 5.54. The minimum absolute atomic E-state index is 0.0777. The number of hydrogen-bond acceptors (Lipinski definition) is 6. The average molecular weight is 395 g/mol. The molecule has 0 saturated carbocycles. The zero-order valence-electron chi connectivity index (χ0n) is 16.8. The second-order valence-corrected chi connectivity index (χ2v) is 6.72. The van der Waals surface area contributed by atoms with Gasteiger partial charge in [-0.1, -0.05) is 26.0 Å². The summed E-state index contributed by atoms with van der Waals surface area (Å²) < 4.78 is 12.5. The summed E-state index contributed by atoms with van der Waals surface area (Å²) in [6.45, 7) is 6.90. The van der Waals surface area contributed by atoms with Gasteiger partial charge in [-0.2, -0.15) is 4.68 Å². The van der Waals surface area contributed by atoms with E-state index in [0.717, 1.165) is 11.4 Å². The minimum Gasteiger partial charge on any atom is -0.494 e. The fraction of sp³-hybridized carbons (Fsp3) is 0.333. The quantitative estimate of drug-likeness (QED) is 0.599. The fourth-order valence-electron chi connectivity index (χ4n) is 2.69. The number of amides is 1. The Morgan fingerprint density at radius 1 is 1.03 bits per heavy atom. The molecule has 2 aromatic carbocycles. The lowest BCUT2D eigenvalue weighted by molar-refractivity contribution is -0.123. The number of benzene rings is 2. The van der Waals surface area contributed by atoms with Gasteiger partial charge in [-0.25, -0.2) is 0 Å². The maximum Gasteiger partial charge on any atom is 0.258 e. The molecule has 0 radical (unpaired) electrons. The van der Waals surface area contributed by atoms with Crippen LogP contribution in [0.4, 0.5) is 0 Å². The maximum absolute atomic E-state index is 12.1. The first-order valence-electron chi connectivity index (χ1n) is 9.56. The van der Waals surface area contributed by atoms with E-state index in [1.54, 1.807) is 4.68 Å². The van der Waals surface area contributed by atoms with Crippen LogP contribution >= 0.6 is 0 Å². The van der Waals surface area contributed by atoms with Crippen LogP contribution in [0, 0.1) is 0 Å². The van der Waals surface area contributed by atoms with E-state index in [4.69, 9.17) is 9.47 Å². The van der Waals surface area contributed by atoms with Gasteiger partial charge in [-0.15, -0.1) is 5.10 Å². The van der Waals surface area contributed by atoms with Crippen LogP contribution in [0.3, 0.4) is 0 Å². The molecule has 0 fully saturated rings. The zero-order chi connectivity index (χ0) is 20.6. The molecule has 1 N–H and O–H groups in total. The van der Waals surface area contributed by atoms with E-state index in [1.165, 1.54) is 5.56 Å². The number of tetrazole rings is 1. The molecule has 1 heterocycles. The van der Waals surface area contributed by atoms with Crippen molar-refractivity contribution in [3.05, 3.63) is 59.9 Å². The molecule has 29 heavy (non-hydrogen) atoms. The van der Waals surface area contributed by atoms with Crippen molar-refractivity contribution in [2.45, 2.75) is 33.2 Å². The van der Waals surface area contributed by atoms with E-state index < -0.39 is 0 Å². The summed E-state index contributed by atoms with van der Waals surface area (Å²) >= 11 is 0. The van der Waals surface area contributed by atoms with E-state index in [-0.39, 0.29) is 19.1 Å². The molecule has 1 amide bonds. The molecule has 0 aliphatic carbocycles. The van der Waals surface area contributed by atoms with Gasteiger partial charge in [-0.05, 0) is 65.2 Å². The summed E-state index contributed by atoms with van der Waals surface area (Å²) in [5.41, 5.74) is 2.01. The lowest BCUT2D eigenvalue weighted by Gasteiger charge is -2.10. The summed E-state index contributed by atoms with van der Waals surface area (Å²) in [4.78, 5) is 12.1. The van der Waals surface area contributed by atoms with E-state index in [2.05, 4.69) is 34.7 Å². The second-order valence-electron chi connectivity index (χ2n) is 6.72. The summed E-state index contributed by atoms with van der Waals surface area (Å²) in [6, 6.07) is 15.2. The summed E-state index contributed by atoms with van der Waals surface area (Å²) in [5.74, 6) is 2.15. The standard InChI is InChI=1S/C21H25N5O3/c1-4-28-18-11-7-17(8-12-18)26-20(23-24-25-26)13-22-21(27)14-29-19-9-5-16(6-10-19)15(2)3/h5-12,15H,4,13-14H2,1-3H3,(H,22,27). The number of rotatable bonds is 9. The third-order valence-electron chi connectivity index (χ3n) is 4.29. The molecular formula is C21H25N5O3. The Balaban J connectivity index is 1.52. The zero-order valence-corrected chi connectivity index (χ0v) is 16.8. The van der Waals surface area contributed by atoms with Crippen LogP contribution in [0.2, 0.25) is 0 Å². The summed E-state index contributed by atoms with van der Waals surface area (Å²) in [6.07, 6.45) is 0.